The van der Waals surface area contributed by atoms with E-state index in [9.17, 15) is 4.79 Å². The third kappa shape index (κ3) is 3.42. The number of nitrogen functional groups attached to an aromatic ring is 1. The van der Waals surface area contributed by atoms with Gasteiger partial charge in [0.15, 0.2) is 0 Å². The molecule has 0 spiro atoms. The number of rotatable bonds is 4. The molecule has 0 saturated carbocycles. The summed E-state index contributed by atoms with van der Waals surface area (Å²) in [6, 6.07) is 15.7. The van der Waals surface area contributed by atoms with Gasteiger partial charge in [-0.2, -0.15) is 0 Å². The summed E-state index contributed by atoms with van der Waals surface area (Å²) in [5, 5.41) is 4.37. The predicted octanol–water partition coefficient (Wildman–Crippen LogP) is 3.95. The molecule has 3 aromatic rings. The number of halogens is 1. The number of carbonyl (C=O) groups is 1. The van der Waals surface area contributed by atoms with Crippen molar-refractivity contribution in [2.75, 3.05) is 12.3 Å². The number of benzene rings is 2. The summed E-state index contributed by atoms with van der Waals surface area (Å²) in [5.74, 6) is -0.0441. The van der Waals surface area contributed by atoms with E-state index >= 15 is 0 Å². The number of aromatic nitrogens is 1. The number of amides is 1. The predicted molar refractivity (Wildman–Crippen MR) is 109 cm³/mol. The van der Waals surface area contributed by atoms with Crippen molar-refractivity contribution in [2.45, 2.75) is 32.2 Å². The highest BCUT2D eigenvalue weighted by atomic mass is 35.5. The van der Waals surface area contributed by atoms with Crippen LogP contribution < -0.4 is 11.1 Å². The fourth-order valence-corrected chi connectivity index (χ4v) is 3.85. The number of anilines is 1. The van der Waals surface area contributed by atoms with E-state index in [1.165, 1.54) is 35.0 Å². The third-order valence-corrected chi connectivity index (χ3v) is 5.07. The largest absolute Gasteiger partial charge is 0.399 e. The van der Waals surface area contributed by atoms with Crippen LogP contribution in [0.15, 0.2) is 48.5 Å². The van der Waals surface area contributed by atoms with E-state index < -0.39 is 0 Å². The van der Waals surface area contributed by atoms with Crippen LogP contribution in [-0.4, -0.2) is 17.0 Å². The van der Waals surface area contributed by atoms with Gasteiger partial charge in [0.25, 0.3) is 5.91 Å². The number of para-hydroxylation sites is 1. The second kappa shape index (κ2) is 7.83. The Kier molecular flexibility index (Phi) is 5.52. The van der Waals surface area contributed by atoms with Crippen molar-refractivity contribution in [2.24, 2.45) is 0 Å². The molecule has 0 fully saturated rings. The lowest BCUT2D eigenvalue weighted by Crippen LogP contribution is -2.26. The van der Waals surface area contributed by atoms with Gasteiger partial charge in [-0.15, -0.1) is 12.4 Å². The maximum atomic E-state index is 12.3. The molecule has 0 unspecified atom stereocenters. The molecule has 4 nitrogen and oxygen atoms in total. The Morgan fingerprint density at radius 2 is 1.85 bits per heavy atom. The zero-order valence-electron chi connectivity index (χ0n) is 14.7. The van der Waals surface area contributed by atoms with Gasteiger partial charge in [-0.25, -0.2) is 0 Å². The summed E-state index contributed by atoms with van der Waals surface area (Å²) in [5.41, 5.74) is 11.2. The number of aryl methyl sites for hydroxylation is 1. The molecular formula is C21H24ClN3O. The highest BCUT2D eigenvalue weighted by Gasteiger charge is 2.19. The van der Waals surface area contributed by atoms with E-state index in [4.69, 9.17) is 5.73 Å². The quantitative estimate of drug-likeness (QED) is 0.684. The molecule has 0 aliphatic carbocycles. The maximum absolute atomic E-state index is 12.3. The topological polar surface area (TPSA) is 60.1 Å². The van der Waals surface area contributed by atoms with Crippen molar-refractivity contribution in [1.82, 2.24) is 9.88 Å². The van der Waals surface area contributed by atoms with Crippen molar-refractivity contribution in [3.63, 3.8) is 0 Å². The Labute approximate surface area is 159 Å². The van der Waals surface area contributed by atoms with Gasteiger partial charge < -0.3 is 15.6 Å². The SMILES string of the molecule is Cl.Nc1ccc(C(=O)NCCc2c3n(c4ccccc24)CCCC3)cc1. The van der Waals surface area contributed by atoms with E-state index in [1.807, 2.05) is 0 Å². The van der Waals surface area contributed by atoms with Crippen LogP contribution in [0.3, 0.4) is 0 Å². The van der Waals surface area contributed by atoms with Gasteiger partial charge in [-0.1, -0.05) is 18.2 Å². The van der Waals surface area contributed by atoms with E-state index in [0.29, 0.717) is 17.8 Å². The fourth-order valence-electron chi connectivity index (χ4n) is 3.85. The number of fused-ring (bicyclic) bond motifs is 3. The maximum Gasteiger partial charge on any atom is 0.251 e. The van der Waals surface area contributed by atoms with E-state index in [-0.39, 0.29) is 18.3 Å². The molecule has 2 aromatic carbocycles. The van der Waals surface area contributed by atoms with E-state index in [1.54, 1.807) is 24.3 Å². The lowest BCUT2D eigenvalue weighted by atomic mass is 10.0. The van der Waals surface area contributed by atoms with Crippen LogP contribution in [0.2, 0.25) is 0 Å². The third-order valence-electron chi connectivity index (χ3n) is 5.07. The lowest BCUT2D eigenvalue weighted by Gasteiger charge is -2.17. The van der Waals surface area contributed by atoms with Gasteiger partial charge in [0.2, 0.25) is 0 Å². The second-order valence-electron chi connectivity index (χ2n) is 6.68. The highest BCUT2D eigenvalue weighted by Crippen LogP contribution is 2.30. The Morgan fingerprint density at radius 3 is 2.65 bits per heavy atom. The molecular weight excluding hydrogens is 346 g/mol. The molecule has 136 valence electrons. The molecule has 3 N–H and O–H groups in total. The standard InChI is InChI=1S/C21H23N3O.ClH/c22-16-10-8-15(9-11-16)21(25)23-13-12-18-17-5-1-2-6-19(17)24-14-4-3-7-20(18)24;/h1-2,5-6,8-11H,3-4,7,12-14,22H2,(H,23,25);1H. The Bertz CT molecular complexity index is 915. The second-order valence-corrected chi connectivity index (χ2v) is 6.68. The average Bonchev–Trinajstić information content (AvgIpc) is 2.97. The molecule has 5 heteroatoms. The van der Waals surface area contributed by atoms with Crippen LogP contribution >= 0.6 is 12.4 Å². The minimum absolute atomic E-state index is 0. The summed E-state index contributed by atoms with van der Waals surface area (Å²) in [6.07, 6.45) is 4.50. The van der Waals surface area contributed by atoms with Crippen LogP contribution in [-0.2, 0) is 19.4 Å². The Balaban J connectivity index is 0.00000196. The molecule has 1 amide bonds. The van der Waals surface area contributed by atoms with Gasteiger partial charge in [0.05, 0.1) is 0 Å². The normalized spacial score (nSPS) is 13.1. The fraction of sp³-hybridized carbons (Fsp3) is 0.286. The van der Waals surface area contributed by atoms with Gasteiger partial charge >= 0.3 is 0 Å². The van der Waals surface area contributed by atoms with Gasteiger partial charge in [0, 0.05) is 40.9 Å². The van der Waals surface area contributed by atoms with Crippen LogP contribution in [0, 0.1) is 0 Å². The first-order valence-corrected chi connectivity index (χ1v) is 8.97. The van der Waals surface area contributed by atoms with Crippen LogP contribution in [0.5, 0.6) is 0 Å². The number of hydrogen-bond donors (Lipinski definition) is 2. The molecule has 0 bridgehead atoms. The van der Waals surface area contributed by atoms with Crippen molar-refractivity contribution in [3.05, 3.63) is 65.4 Å². The van der Waals surface area contributed by atoms with Crippen molar-refractivity contribution >= 4 is 34.9 Å². The zero-order chi connectivity index (χ0) is 17.2. The lowest BCUT2D eigenvalue weighted by molar-refractivity contribution is 0.0954. The molecule has 26 heavy (non-hydrogen) atoms. The van der Waals surface area contributed by atoms with Crippen LogP contribution in [0.1, 0.15) is 34.5 Å². The summed E-state index contributed by atoms with van der Waals surface area (Å²) < 4.78 is 2.47. The molecule has 1 aliphatic rings. The van der Waals surface area contributed by atoms with E-state index in [2.05, 4.69) is 34.1 Å². The first-order chi connectivity index (χ1) is 12.2. The number of nitrogens with two attached hydrogens (primary N) is 1. The Hall–Kier alpha value is -2.46. The summed E-state index contributed by atoms with van der Waals surface area (Å²) in [7, 11) is 0. The van der Waals surface area contributed by atoms with Gasteiger partial charge in [-0.05, 0) is 61.6 Å². The van der Waals surface area contributed by atoms with Gasteiger partial charge in [0.1, 0.15) is 0 Å². The zero-order valence-corrected chi connectivity index (χ0v) is 15.5. The monoisotopic (exact) mass is 369 g/mol. The molecule has 0 radical (unpaired) electrons. The molecule has 1 aliphatic heterocycles. The number of nitrogens with one attached hydrogen (secondary N) is 1. The molecule has 2 heterocycles. The van der Waals surface area contributed by atoms with Crippen molar-refractivity contribution in [1.29, 1.82) is 0 Å². The summed E-state index contributed by atoms with van der Waals surface area (Å²) in [6.45, 7) is 1.75. The van der Waals surface area contributed by atoms with Crippen molar-refractivity contribution < 1.29 is 4.79 Å². The molecule has 1 aromatic heterocycles. The Morgan fingerprint density at radius 1 is 1.08 bits per heavy atom. The van der Waals surface area contributed by atoms with Crippen LogP contribution in [0.4, 0.5) is 5.69 Å². The minimum Gasteiger partial charge on any atom is -0.399 e. The van der Waals surface area contributed by atoms with Crippen LogP contribution in [0.25, 0.3) is 10.9 Å². The van der Waals surface area contributed by atoms with Gasteiger partial charge in [-0.3, -0.25) is 4.79 Å². The summed E-state index contributed by atoms with van der Waals surface area (Å²) in [4.78, 5) is 12.3. The average molecular weight is 370 g/mol. The first kappa shape index (κ1) is 18.3. The number of nitrogens with zero attached hydrogens (tertiary/aromatic N) is 1. The smallest absolute Gasteiger partial charge is 0.251 e. The molecule has 0 saturated heterocycles. The number of hydrogen-bond acceptors (Lipinski definition) is 2. The van der Waals surface area contributed by atoms with E-state index in [0.717, 1.165) is 19.4 Å². The molecule has 4 rings (SSSR count). The number of carbonyl (C=O) groups excluding carboxylic acids is 1. The molecule has 0 atom stereocenters. The minimum atomic E-state index is -0.0441. The summed E-state index contributed by atoms with van der Waals surface area (Å²) >= 11 is 0. The first-order valence-electron chi connectivity index (χ1n) is 8.97. The highest BCUT2D eigenvalue weighted by molar-refractivity contribution is 5.94. The van der Waals surface area contributed by atoms with Crippen molar-refractivity contribution in [3.8, 4) is 0 Å².